The Labute approximate surface area is 140 Å². The first kappa shape index (κ1) is 15.2. The molecule has 0 aliphatic carbocycles. The summed E-state index contributed by atoms with van der Waals surface area (Å²) >= 11 is 5.99. The summed E-state index contributed by atoms with van der Waals surface area (Å²) in [6.45, 7) is 0.693. The second-order valence-corrected chi connectivity index (χ2v) is 5.74. The number of benzene rings is 1. The fraction of sp³-hybridized carbons (Fsp3) is 0.267. The Balaban J connectivity index is 1.68. The van der Waals surface area contributed by atoms with E-state index in [-0.39, 0.29) is 29.2 Å². The zero-order valence-electron chi connectivity index (χ0n) is 12.3. The Hall–Kier alpha value is -2.32. The molecule has 3 heterocycles. The molecular formula is C15H12ClF2N5O. The first-order valence-electron chi connectivity index (χ1n) is 7.32. The average molecular weight is 352 g/mol. The zero-order chi connectivity index (χ0) is 16.7. The zero-order valence-corrected chi connectivity index (χ0v) is 13.1. The second-order valence-electron chi connectivity index (χ2n) is 5.33. The Morgan fingerprint density at radius 1 is 1.33 bits per heavy atom. The van der Waals surface area contributed by atoms with Crippen LogP contribution in [0.3, 0.4) is 0 Å². The van der Waals surface area contributed by atoms with Gasteiger partial charge in [-0.25, -0.2) is 9.37 Å². The van der Waals surface area contributed by atoms with Gasteiger partial charge in [0, 0.05) is 23.6 Å². The fourth-order valence-corrected chi connectivity index (χ4v) is 2.77. The Bertz CT molecular complexity index is 892. The minimum Gasteiger partial charge on any atom is -0.364 e. The van der Waals surface area contributed by atoms with Crippen molar-refractivity contribution < 1.29 is 13.5 Å². The average Bonchev–Trinajstić information content (AvgIpc) is 2.88. The lowest BCUT2D eigenvalue weighted by molar-refractivity contribution is -0.0974. The van der Waals surface area contributed by atoms with E-state index in [1.807, 2.05) is 0 Å². The van der Waals surface area contributed by atoms with Gasteiger partial charge in [0.05, 0.1) is 12.9 Å². The Morgan fingerprint density at radius 3 is 2.88 bits per heavy atom. The van der Waals surface area contributed by atoms with Gasteiger partial charge in [-0.3, -0.25) is 4.57 Å². The number of imidazole rings is 1. The second kappa shape index (κ2) is 5.95. The van der Waals surface area contributed by atoms with E-state index < -0.39 is 11.9 Å². The Kier molecular flexibility index (Phi) is 3.78. The number of anilines is 1. The quantitative estimate of drug-likeness (QED) is 0.731. The highest BCUT2D eigenvalue weighted by atomic mass is 35.5. The van der Waals surface area contributed by atoms with Crippen molar-refractivity contribution in [3.8, 4) is 0 Å². The maximum absolute atomic E-state index is 13.8. The van der Waals surface area contributed by atoms with Crippen molar-refractivity contribution in [3.63, 3.8) is 0 Å². The number of halogens is 3. The molecule has 1 unspecified atom stereocenters. The van der Waals surface area contributed by atoms with E-state index in [2.05, 4.69) is 20.3 Å². The van der Waals surface area contributed by atoms with Crippen molar-refractivity contribution in [2.45, 2.75) is 19.2 Å². The van der Waals surface area contributed by atoms with Crippen LogP contribution in [0.1, 0.15) is 18.2 Å². The van der Waals surface area contributed by atoms with Gasteiger partial charge in [-0.15, -0.1) is 0 Å². The van der Waals surface area contributed by atoms with Crippen LogP contribution in [0.5, 0.6) is 0 Å². The molecule has 1 aliphatic heterocycles. The maximum atomic E-state index is 13.8. The molecule has 6 nitrogen and oxygen atoms in total. The molecule has 1 aliphatic rings. The molecule has 0 radical (unpaired) electrons. The van der Waals surface area contributed by atoms with Crippen LogP contribution in [-0.2, 0) is 11.3 Å². The molecule has 24 heavy (non-hydrogen) atoms. The fourth-order valence-electron chi connectivity index (χ4n) is 2.54. The summed E-state index contributed by atoms with van der Waals surface area (Å²) < 4.78 is 34.7. The molecule has 3 aromatic rings. The van der Waals surface area contributed by atoms with Gasteiger partial charge in [0.2, 0.25) is 0 Å². The van der Waals surface area contributed by atoms with E-state index in [0.29, 0.717) is 17.8 Å². The van der Waals surface area contributed by atoms with Crippen LogP contribution >= 0.6 is 11.6 Å². The summed E-state index contributed by atoms with van der Waals surface area (Å²) in [5.74, 6) is -0.274. The van der Waals surface area contributed by atoms with Gasteiger partial charge in [0.25, 0.3) is 0 Å². The molecular weight excluding hydrogens is 340 g/mol. The maximum Gasteiger partial charge on any atom is 0.312 e. The normalized spacial score (nSPS) is 17.0. The summed E-state index contributed by atoms with van der Waals surface area (Å²) in [6, 6.07) is 4.41. The lowest BCUT2D eigenvalue weighted by Crippen LogP contribution is -2.24. The topological polar surface area (TPSA) is 64.9 Å². The molecule has 1 atom stereocenters. The van der Waals surface area contributed by atoms with Crippen LogP contribution in [0.2, 0.25) is 5.02 Å². The number of rotatable bonds is 4. The molecule has 0 saturated carbocycles. The van der Waals surface area contributed by atoms with E-state index in [1.165, 1.54) is 18.5 Å². The van der Waals surface area contributed by atoms with Crippen molar-refractivity contribution in [1.82, 2.24) is 19.5 Å². The molecule has 124 valence electrons. The van der Waals surface area contributed by atoms with E-state index in [4.69, 9.17) is 16.3 Å². The van der Waals surface area contributed by atoms with Crippen LogP contribution in [0.15, 0.2) is 24.5 Å². The predicted octanol–water partition coefficient (Wildman–Crippen LogP) is 3.29. The van der Waals surface area contributed by atoms with E-state index >= 15 is 0 Å². The number of ether oxygens (including phenoxy) is 1. The van der Waals surface area contributed by atoms with Gasteiger partial charge in [-0.1, -0.05) is 17.7 Å². The molecule has 0 spiro atoms. The molecule has 1 aromatic carbocycles. The van der Waals surface area contributed by atoms with Crippen molar-refractivity contribution in [2.75, 3.05) is 11.9 Å². The van der Waals surface area contributed by atoms with Crippen molar-refractivity contribution in [3.05, 3.63) is 47.0 Å². The number of aromatic nitrogens is 4. The first-order chi connectivity index (χ1) is 11.6. The van der Waals surface area contributed by atoms with Gasteiger partial charge in [0.15, 0.2) is 17.0 Å². The van der Waals surface area contributed by atoms with Gasteiger partial charge in [0.1, 0.15) is 12.0 Å². The SMILES string of the molecule is Fc1nc(NCc2c(F)cccc2Cl)c2ncn(C3CCO3)c2n1. The molecule has 9 heteroatoms. The third kappa shape index (κ3) is 2.57. The predicted molar refractivity (Wildman–Crippen MR) is 83.6 cm³/mol. The molecule has 4 rings (SSSR count). The summed E-state index contributed by atoms with van der Waals surface area (Å²) in [4.78, 5) is 11.7. The van der Waals surface area contributed by atoms with Gasteiger partial charge >= 0.3 is 6.08 Å². The molecule has 1 fully saturated rings. The third-order valence-electron chi connectivity index (χ3n) is 3.87. The summed E-state index contributed by atoms with van der Waals surface area (Å²) in [5, 5.41) is 3.16. The summed E-state index contributed by atoms with van der Waals surface area (Å²) in [5.41, 5.74) is 0.988. The number of hydrogen-bond donors (Lipinski definition) is 1. The largest absolute Gasteiger partial charge is 0.364 e. The van der Waals surface area contributed by atoms with Crippen LogP contribution in [0.25, 0.3) is 11.2 Å². The van der Waals surface area contributed by atoms with E-state index in [0.717, 1.165) is 6.42 Å². The van der Waals surface area contributed by atoms with Crippen LogP contribution < -0.4 is 5.32 Å². The van der Waals surface area contributed by atoms with Crippen molar-refractivity contribution >= 4 is 28.6 Å². The lowest BCUT2D eigenvalue weighted by atomic mass is 10.2. The highest BCUT2D eigenvalue weighted by Crippen LogP contribution is 2.29. The molecule has 0 amide bonds. The van der Waals surface area contributed by atoms with Crippen molar-refractivity contribution in [1.29, 1.82) is 0 Å². The van der Waals surface area contributed by atoms with Gasteiger partial charge < -0.3 is 10.1 Å². The standard InChI is InChI=1S/C15H12ClF2N5O/c16-9-2-1-3-10(17)8(9)6-19-13-12-14(22-15(18)21-13)23(7-20-12)11-4-5-24-11/h1-3,7,11H,4-6H2,(H,19,21,22). The third-order valence-corrected chi connectivity index (χ3v) is 4.23. The molecule has 2 aromatic heterocycles. The van der Waals surface area contributed by atoms with Crippen LogP contribution in [0, 0.1) is 11.9 Å². The number of hydrogen-bond acceptors (Lipinski definition) is 5. The molecule has 1 saturated heterocycles. The monoisotopic (exact) mass is 351 g/mol. The van der Waals surface area contributed by atoms with Crippen LogP contribution in [0.4, 0.5) is 14.6 Å². The number of fused-ring (bicyclic) bond motifs is 1. The van der Waals surface area contributed by atoms with E-state index in [9.17, 15) is 8.78 Å². The van der Waals surface area contributed by atoms with Gasteiger partial charge in [-0.2, -0.15) is 14.4 Å². The van der Waals surface area contributed by atoms with Crippen molar-refractivity contribution in [2.24, 2.45) is 0 Å². The van der Waals surface area contributed by atoms with Crippen LogP contribution in [-0.4, -0.2) is 26.1 Å². The first-order valence-corrected chi connectivity index (χ1v) is 7.69. The Morgan fingerprint density at radius 2 is 2.17 bits per heavy atom. The molecule has 0 bridgehead atoms. The highest BCUT2D eigenvalue weighted by Gasteiger charge is 2.24. The number of nitrogens with zero attached hydrogens (tertiary/aromatic N) is 4. The summed E-state index contributed by atoms with van der Waals surface area (Å²) in [6.07, 6.45) is 1.25. The minimum absolute atomic E-state index is 0.0455. The number of nitrogens with one attached hydrogen (secondary N) is 1. The van der Waals surface area contributed by atoms with Gasteiger partial charge in [-0.05, 0) is 12.1 Å². The lowest BCUT2D eigenvalue weighted by Gasteiger charge is -2.27. The highest BCUT2D eigenvalue weighted by molar-refractivity contribution is 6.31. The minimum atomic E-state index is -0.897. The smallest absolute Gasteiger partial charge is 0.312 e. The van der Waals surface area contributed by atoms with E-state index in [1.54, 1.807) is 10.6 Å². The summed E-state index contributed by atoms with van der Waals surface area (Å²) in [7, 11) is 0. The molecule has 1 N–H and O–H groups in total.